The van der Waals surface area contributed by atoms with Crippen molar-refractivity contribution in [2.45, 2.75) is 33.1 Å². The molecule has 0 radical (unpaired) electrons. The number of unbranched alkanes of at least 4 members (excludes halogenated alkanes) is 1. The number of hydrogen-bond acceptors (Lipinski definition) is 1. The molecule has 0 aromatic carbocycles. The molecule has 0 rings (SSSR count). The van der Waals surface area contributed by atoms with Crippen molar-refractivity contribution in [2.75, 3.05) is 7.11 Å². The molecule has 0 spiro atoms. The predicted molar refractivity (Wildman–Crippen MR) is 66.4 cm³/mol. The molecule has 2 heteroatoms. The fourth-order valence-electron chi connectivity index (χ4n) is 1.13. The van der Waals surface area contributed by atoms with Gasteiger partial charge >= 0.3 is 0 Å². The van der Waals surface area contributed by atoms with Crippen LogP contribution in [0, 0.1) is 0 Å². The average molecular weight is 259 g/mol. The third kappa shape index (κ3) is 6.96. The summed E-state index contributed by atoms with van der Waals surface area (Å²) in [6, 6.07) is 0. The molecule has 0 fully saturated rings. The maximum atomic E-state index is 5.28. The largest absolute Gasteiger partial charge is 0.501 e. The van der Waals surface area contributed by atoms with Gasteiger partial charge < -0.3 is 4.74 Å². The van der Waals surface area contributed by atoms with Gasteiger partial charge in [0.1, 0.15) is 0 Å². The normalized spacial score (nSPS) is 12.9. The second-order valence-electron chi connectivity index (χ2n) is 3.25. The molecule has 0 aromatic heterocycles. The second-order valence-corrected chi connectivity index (χ2v) is 4.27. The first-order valence-corrected chi connectivity index (χ1v) is 5.66. The Balaban J connectivity index is 4.34. The minimum atomic E-state index is 0.886. The number of hydrogen-bond donors (Lipinski definition) is 0. The van der Waals surface area contributed by atoms with Crippen LogP contribution in [0.2, 0.25) is 0 Å². The fourth-order valence-corrected chi connectivity index (χ4v) is 1.49. The first kappa shape index (κ1) is 13.5. The van der Waals surface area contributed by atoms with Crippen LogP contribution >= 0.6 is 15.9 Å². The van der Waals surface area contributed by atoms with E-state index in [0.29, 0.717) is 0 Å². The van der Waals surface area contributed by atoms with Crippen molar-refractivity contribution in [1.29, 1.82) is 0 Å². The highest BCUT2D eigenvalue weighted by Crippen LogP contribution is 2.13. The molecule has 0 heterocycles. The summed E-state index contributed by atoms with van der Waals surface area (Å²) in [6.07, 6.45) is 7.40. The highest BCUT2D eigenvalue weighted by Gasteiger charge is 1.96. The molecule has 14 heavy (non-hydrogen) atoms. The first-order valence-electron chi connectivity index (χ1n) is 4.87. The Bertz CT molecular complexity index is 239. The smallest absolute Gasteiger partial charge is 0.0958 e. The van der Waals surface area contributed by atoms with Crippen molar-refractivity contribution in [2.24, 2.45) is 0 Å². The standard InChI is InChI=1S/C12H19BrO/c1-5-6-7-12(14-4)9-10(2)8-11(3)13/h8-9H,3,5-7H2,1-2,4H3/b10-8-,12-9+. The number of halogens is 1. The van der Waals surface area contributed by atoms with E-state index >= 15 is 0 Å². The van der Waals surface area contributed by atoms with E-state index in [0.717, 1.165) is 22.2 Å². The predicted octanol–water partition coefficient (Wildman–Crippen LogP) is 4.56. The molecule has 1 nitrogen and oxygen atoms in total. The maximum absolute atomic E-state index is 5.28. The van der Waals surface area contributed by atoms with Crippen LogP contribution in [-0.4, -0.2) is 7.11 Å². The molecule has 0 atom stereocenters. The van der Waals surface area contributed by atoms with Crippen molar-refractivity contribution in [3.8, 4) is 0 Å². The van der Waals surface area contributed by atoms with Crippen molar-refractivity contribution < 1.29 is 4.74 Å². The van der Waals surface area contributed by atoms with Gasteiger partial charge in [-0.15, -0.1) is 0 Å². The van der Waals surface area contributed by atoms with Gasteiger partial charge in [0.25, 0.3) is 0 Å². The second kappa shape index (κ2) is 7.86. The van der Waals surface area contributed by atoms with Crippen molar-refractivity contribution >= 4 is 15.9 Å². The first-order chi connectivity index (χ1) is 6.60. The molecule has 0 amide bonds. The SMILES string of the molecule is C=C(Br)/C=C(C)\C=C(/CCCC)OC. The molecule has 0 saturated carbocycles. The van der Waals surface area contributed by atoms with Gasteiger partial charge in [0.2, 0.25) is 0 Å². The summed E-state index contributed by atoms with van der Waals surface area (Å²) in [5.41, 5.74) is 1.15. The molecule has 0 aliphatic rings. The Morgan fingerprint density at radius 2 is 2.07 bits per heavy atom. The zero-order chi connectivity index (χ0) is 11.0. The van der Waals surface area contributed by atoms with E-state index in [4.69, 9.17) is 4.74 Å². The summed E-state index contributed by atoms with van der Waals surface area (Å²) in [4.78, 5) is 0. The summed E-state index contributed by atoms with van der Waals surface area (Å²) in [7, 11) is 1.72. The van der Waals surface area contributed by atoms with Gasteiger partial charge in [0.15, 0.2) is 0 Å². The molecule has 0 saturated heterocycles. The number of ether oxygens (including phenoxy) is 1. The van der Waals surface area contributed by atoms with Crippen LogP contribution in [0.5, 0.6) is 0 Å². The van der Waals surface area contributed by atoms with Gasteiger partial charge in [-0.25, -0.2) is 0 Å². The van der Waals surface area contributed by atoms with Crippen LogP contribution in [0.4, 0.5) is 0 Å². The minimum absolute atomic E-state index is 0.886. The third-order valence-electron chi connectivity index (χ3n) is 1.81. The topological polar surface area (TPSA) is 9.23 Å². The Morgan fingerprint density at radius 3 is 2.50 bits per heavy atom. The lowest BCUT2D eigenvalue weighted by Crippen LogP contribution is -1.88. The van der Waals surface area contributed by atoms with Crippen LogP contribution in [0.15, 0.2) is 34.5 Å². The quantitative estimate of drug-likeness (QED) is 0.501. The molecule has 0 aromatic rings. The molecule has 0 aliphatic carbocycles. The number of allylic oxidation sites excluding steroid dienone is 5. The average Bonchev–Trinajstić information content (AvgIpc) is 2.10. The van der Waals surface area contributed by atoms with E-state index in [2.05, 4.69) is 35.5 Å². The van der Waals surface area contributed by atoms with Gasteiger partial charge in [0.05, 0.1) is 12.9 Å². The summed E-state index contributed by atoms with van der Waals surface area (Å²) in [5, 5.41) is 0. The summed E-state index contributed by atoms with van der Waals surface area (Å²) >= 11 is 3.30. The molecular weight excluding hydrogens is 240 g/mol. The zero-order valence-corrected chi connectivity index (χ0v) is 10.9. The Morgan fingerprint density at radius 1 is 1.43 bits per heavy atom. The lowest BCUT2D eigenvalue weighted by Gasteiger charge is -2.05. The zero-order valence-electron chi connectivity index (χ0n) is 9.27. The molecule has 80 valence electrons. The summed E-state index contributed by atoms with van der Waals surface area (Å²) < 4.78 is 6.17. The highest BCUT2D eigenvalue weighted by molar-refractivity contribution is 9.11. The van der Waals surface area contributed by atoms with E-state index in [1.54, 1.807) is 7.11 Å². The molecule has 0 bridgehead atoms. The lowest BCUT2D eigenvalue weighted by atomic mass is 10.1. The highest BCUT2D eigenvalue weighted by atomic mass is 79.9. The Hall–Kier alpha value is -0.500. The Labute approximate surface area is 95.7 Å². The van der Waals surface area contributed by atoms with E-state index < -0.39 is 0 Å². The molecular formula is C12H19BrO. The van der Waals surface area contributed by atoms with Crippen LogP contribution in [0.1, 0.15) is 33.1 Å². The molecule has 0 unspecified atom stereocenters. The summed E-state index contributed by atoms with van der Waals surface area (Å²) in [6.45, 7) is 7.98. The summed E-state index contributed by atoms with van der Waals surface area (Å²) in [5.74, 6) is 1.04. The van der Waals surface area contributed by atoms with Crippen LogP contribution in [0.3, 0.4) is 0 Å². The number of rotatable bonds is 6. The van der Waals surface area contributed by atoms with Crippen molar-refractivity contribution in [3.63, 3.8) is 0 Å². The van der Waals surface area contributed by atoms with Crippen LogP contribution in [-0.2, 0) is 4.74 Å². The van der Waals surface area contributed by atoms with E-state index in [-0.39, 0.29) is 0 Å². The van der Waals surface area contributed by atoms with Gasteiger partial charge in [-0.05, 0) is 31.1 Å². The van der Waals surface area contributed by atoms with Gasteiger partial charge in [-0.2, -0.15) is 0 Å². The maximum Gasteiger partial charge on any atom is 0.0958 e. The van der Waals surface area contributed by atoms with Crippen LogP contribution in [0.25, 0.3) is 0 Å². The van der Waals surface area contributed by atoms with Gasteiger partial charge in [-0.1, -0.05) is 35.9 Å². The minimum Gasteiger partial charge on any atom is -0.501 e. The fraction of sp³-hybridized carbons (Fsp3) is 0.500. The van der Waals surface area contributed by atoms with Crippen molar-refractivity contribution in [1.82, 2.24) is 0 Å². The van der Waals surface area contributed by atoms with E-state index in [1.807, 2.05) is 13.0 Å². The third-order valence-corrected chi connectivity index (χ3v) is 2.04. The monoisotopic (exact) mass is 258 g/mol. The van der Waals surface area contributed by atoms with Gasteiger partial charge in [-0.3, -0.25) is 0 Å². The van der Waals surface area contributed by atoms with E-state index in [1.165, 1.54) is 12.8 Å². The van der Waals surface area contributed by atoms with Gasteiger partial charge in [0, 0.05) is 10.9 Å². The lowest BCUT2D eigenvalue weighted by molar-refractivity contribution is 0.274. The molecule has 0 N–H and O–H groups in total. The molecule has 0 aliphatic heterocycles. The number of methoxy groups -OCH3 is 1. The van der Waals surface area contributed by atoms with E-state index in [9.17, 15) is 0 Å². The van der Waals surface area contributed by atoms with Crippen LogP contribution < -0.4 is 0 Å². The van der Waals surface area contributed by atoms with Crippen molar-refractivity contribution in [3.05, 3.63) is 34.5 Å². The Kier molecular flexibility index (Phi) is 7.58.